The van der Waals surface area contributed by atoms with E-state index in [2.05, 4.69) is 10.9 Å². The monoisotopic (exact) mass is 233 g/mol. The molecule has 0 aliphatic heterocycles. The number of hydrogen-bond acceptors (Lipinski definition) is 3. The predicted molar refractivity (Wildman–Crippen MR) is 65.4 cm³/mol. The number of ether oxygens (including phenoxy) is 1. The second-order valence-electron chi connectivity index (χ2n) is 3.00. The summed E-state index contributed by atoms with van der Waals surface area (Å²) in [6, 6.07) is 6.58. The van der Waals surface area contributed by atoms with Gasteiger partial charge in [0, 0.05) is 6.20 Å². The van der Waals surface area contributed by atoms with Crippen LogP contribution in [0, 0.1) is 12.3 Å². The van der Waals surface area contributed by atoms with Gasteiger partial charge < -0.3 is 16.2 Å². The molecule has 0 aliphatic carbocycles. The summed E-state index contributed by atoms with van der Waals surface area (Å²) in [5.74, 6) is 1.91. The van der Waals surface area contributed by atoms with Crippen LogP contribution in [0.5, 0.6) is 5.75 Å². The summed E-state index contributed by atoms with van der Waals surface area (Å²) in [4.78, 5) is 3.83. The average molecular weight is 233 g/mol. The van der Waals surface area contributed by atoms with E-state index >= 15 is 0 Å². The zero-order valence-corrected chi connectivity index (χ0v) is 9.06. The molecule has 0 amide bonds. The molecule has 0 fully saturated rings. The molecule has 4 nitrogen and oxygen atoms in total. The number of nitrogens with zero attached hydrogens (tertiary/aromatic N) is 1. The van der Waals surface area contributed by atoms with Crippen molar-refractivity contribution in [3.63, 3.8) is 0 Å². The van der Waals surface area contributed by atoms with Gasteiger partial charge in [-0.25, -0.2) is 9.38 Å². The Hall–Kier alpha value is -2.48. The first-order valence-corrected chi connectivity index (χ1v) is 4.75. The topological polar surface area (TPSA) is 73.6 Å². The third kappa shape index (κ3) is 3.87. The largest absolute Gasteiger partial charge is 0.481 e. The van der Waals surface area contributed by atoms with Crippen LogP contribution in [0.3, 0.4) is 0 Å². The molecule has 4 N–H and O–H groups in total. The van der Waals surface area contributed by atoms with Gasteiger partial charge in [0.05, 0.1) is 5.69 Å². The lowest BCUT2D eigenvalue weighted by atomic mass is 10.3. The first-order valence-electron chi connectivity index (χ1n) is 4.75. The van der Waals surface area contributed by atoms with E-state index < -0.39 is 5.83 Å². The van der Waals surface area contributed by atoms with Crippen LogP contribution < -0.4 is 16.2 Å². The molecule has 0 heterocycles. The zero-order valence-electron chi connectivity index (χ0n) is 9.06. The van der Waals surface area contributed by atoms with Gasteiger partial charge in [-0.05, 0) is 24.3 Å². The Balaban J connectivity index is 2.78. The molecule has 1 aromatic rings. The van der Waals surface area contributed by atoms with Gasteiger partial charge >= 0.3 is 0 Å². The highest BCUT2D eigenvalue weighted by Crippen LogP contribution is 2.18. The molecule has 0 atom stereocenters. The Morgan fingerprint density at radius 3 is 2.65 bits per heavy atom. The van der Waals surface area contributed by atoms with Crippen molar-refractivity contribution in [1.29, 1.82) is 0 Å². The number of halogens is 1. The summed E-state index contributed by atoms with van der Waals surface area (Å²) in [5, 5.41) is 0. The Morgan fingerprint density at radius 2 is 2.12 bits per heavy atom. The standard InChI is InChI=1S/C12H12FN3O/c1-2-7-17-10-5-3-9(4-6-10)16-12(15)11(13)8-14/h1,3-6,8H,7,14H2,(H2,15,16)/b11-8+. The minimum Gasteiger partial charge on any atom is -0.481 e. The fourth-order valence-corrected chi connectivity index (χ4v) is 1.02. The van der Waals surface area contributed by atoms with Crippen LogP contribution in [-0.2, 0) is 0 Å². The second kappa shape index (κ2) is 6.18. The summed E-state index contributed by atoms with van der Waals surface area (Å²) in [7, 11) is 0. The lowest BCUT2D eigenvalue weighted by Crippen LogP contribution is -2.12. The van der Waals surface area contributed by atoms with Gasteiger partial charge in [0.1, 0.15) is 12.4 Å². The third-order valence-corrected chi connectivity index (χ3v) is 1.80. The smallest absolute Gasteiger partial charge is 0.180 e. The van der Waals surface area contributed by atoms with E-state index in [4.69, 9.17) is 22.6 Å². The minimum atomic E-state index is -0.766. The van der Waals surface area contributed by atoms with E-state index in [1.54, 1.807) is 24.3 Å². The molecule has 1 rings (SSSR count). The quantitative estimate of drug-likeness (QED) is 0.469. The van der Waals surface area contributed by atoms with Crippen molar-refractivity contribution >= 4 is 11.5 Å². The summed E-state index contributed by atoms with van der Waals surface area (Å²) in [6.07, 6.45) is 5.80. The Kier molecular flexibility index (Phi) is 4.58. The molecular formula is C12H12FN3O. The van der Waals surface area contributed by atoms with Crippen LogP contribution in [0.4, 0.5) is 10.1 Å². The molecule has 0 aromatic heterocycles. The first kappa shape index (κ1) is 12.6. The SMILES string of the molecule is C#CCOc1ccc(N=C(N)/C(F)=C\N)cc1. The van der Waals surface area contributed by atoms with Crippen molar-refractivity contribution in [3.05, 3.63) is 36.3 Å². The normalized spacial score (nSPS) is 12.0. The summed E-state index contributed by atoms with van der Waals surface area (Å²) < 4.78 is 18.1. The highest BCUT2D eigenvalue weighted by Gasteiger charge is 2.00. The molecular weight excluding hydrogens is 221 g/mol. The minimum absolute atomic E-state index is 0.190. The zero-order chi connectivity index (χ0) is 12.7. The van der Waals surface area contributed by atoms with E-state index in [1.165, 1.54) is 0 Å². The number of benzene rings is 1. The third-order valence-electron chi connectivity index (χ3n) is 1.80. The molecule has 0 radical (unpaired) electrons. The van der Waals surface area contributed by atoms with Crippen LogP contribution in [-0.4, -0.2) is 12.4 Å². The molecule has 0 saturated carbocycles. The van der Waals surface area contributed by atoms with Crippen LogP contribution >= 0.6 is 0 Å². The van der Waals surface area contributed by atoms with Crippen molar-refractivity contribution in [1.82, 2.24) is 0 Å². The number of hydrogen-bond donors (Lipinski definition) is 2. The van der Waals surface area contributed by atoms with Crippen molar-refractivity contribution in [3.8, 4) is 18.1 Å². The summed E-state index contributed by atoms with van der Waals surface area (Å²) in [5.41, 5.74) is 10.8. The first-order chi connectivity index (χ1) is 8.17. The maximum atomic E-state index is 12.9. The van der Waals surface area contributed by atoms with E-state index in [9.17, 15) is 4.39 Å². The molecule has 5 heteroatoms. The fourth-order valence-electron chi connectivity index (χ4n) is 1.02. The number of amidine groups is 1. The van der Waals surface area contributed by atoms with Crippen molar-refractivity contribution in [2.75, 3.05) is 6.61 Å². The van der Waals surface area contributed by atoms with Gasteiger partial charge in [0.15, 0.2) is 11.7 Å². The van der Waals surface area contributed by atoms with Crippen molar-refractivity contribution in [2.24, 2.45) is 16.5 Å². The van der Waals surface area contributed by atoms with Crippen LogP contribution in [0.25, 0.3) is 0 Å². The molecule has 0 bridgehead atoms. The molecule has 0 spiro atoms. The average Bonchev–Trinajstić information content (AvgIpc) is 2.37. The van der Waals surface area contributed by atoms with E-state index in [1.807, 2.05) is 0 Å². The lowest BCUT2D eigenvalue weighted by Gasteiger charge is -2.02. The van der Waals surface area contributed by atoms with Crippen LogP contribution in [0.2, 0.25) is 0 Å². The van der Waals surface area contributed by atoms with E-state index in [0.717, 1.165) is 6.20 Å². The number of terminal acetylenes is 1. The fraction of sp³-hybridized carbons (Fsp3) is 0.0833. The molecule has 0 unspecified atom stereocenters. The van der Waals surface area contributed by atoms with Gasteiger partial charge in [0.2, 0.25) is 0 Å². The summed E-state index contributed by atoms with van der Waals surface area (Å²) >= 11 is 0. The Morgan fingerprint density at radius 1 is 1.47 bits per heavy atom. The van der Waals surface area contributed by atoms with E-state index in [0.29, 0.717) is 11.4 Å². The number of aliphatic imine (C=N–C) groups is 1. The molecule has 0 saturated heterocycles. The maximum Gasteiger partial charge on any atom is 0.180 e. The van der Waals surface area contributed by atoms with Crippen LogP contribution in [0.1, 0.15) is 0 Å². The summed E-state index contributed by atoms with van der Waals surface area (Å²) in [6.45, 7) is 0.190. The predicted octanol–water partition coefficient (Wildman–Crippen LogP) is 1.46. The van der Waals surface area contributed by atoms with Crippen molar-refractivity contribution < 1.29 is 9.13 Å². The van der Waals surface area contributed by atoms with Crippen molar-refractivity contribution in [2.45, 2.75) is 0 Å². The van der Waals surface area contributed by atoms with Gasteiger partial charge in [-0.3, -0.25) is 0 Å². The van der Waals surface area contributed by atoms with Gasteiger partial charge in [-0.2, -0.15) is 0 Å². The Bertz CT molecular complexity index is 472. The maximum absolute atomic E-state index is 12.9. The van der Waals surface area contributed by atoms with Gasteiger partial charge in [-0.15, -0.1) is 6.42 Å². The lowest BCUT2D eigenvalue weighted by molar-refractivity contribution is 0.370. The van der Waals surface area contributed by atoms with Gasteiger partial charge in [0.25, 0.3) is 0 Å². The molecule has 88 valence electrons. The second-order valence-corrected chi connectivity index (χ2v) is 3.00. The van der Waals surface area contributed by atoms with Crippen LogP contribution in [0.15, 0.2) is 41.3 Å². The van der Waals surface area contributed by atoms with Gasteiger partial charge in [-0.1, -0.05) is 5.92 Å². The molecule has 1 aromatic carbocycles. The highest BCUT2D eigenvalue weighted by molar-refractivity contribution is 5.96. The number of nitrogens with two attached hydrogens (primary N) is 2. The van der Waals surface area contributed by atoms with E-state index in [-0.39, 0.29) is 12.4 Å². The Labute approximate surface area is 98.8 Å². The molecule has 17 heavy (non-hydrogen) atoms. The molecule has 0 aliphatic rings. The number of rotatable bonds is 4. The highest BCUT2D eigenvalue weighted by atomic mass is 19.1.